The highest BCUT2D eigenvalue weighted by Crippen LogP contribution is 2.30. The molecule has 9 nitrogen and oxygen atoms in total. The topological polar surface area (TPSA) is 115 Å². The van der Waals surface area contributed by atoms with Crippen LogP contribution in [0.4, 0.5) is 14.5 Å². The van der Waals surface area contributed by atoms with Gasteiger partial charge < -0.3 is 15.4 Å². The summed E-state index contributed by atoms with van der Waals surface area (Å²) >= 11 is 5.85. The Hall–Kier alpha value is -3.60. The lowest BCUT2D eigenvalue weighted by atomic mass is 9.85. The number of rotatable bonds is 5. The summed E-state index contributed by atoms with van der Waals surface area (Å²) in [6.45, 7) is 1.69. The van der Waals surface area contributed by atoms with Crippen LogP contribution in [-0.2, 0) is 9.53 Å². The molecule has 0 aliphatic heterocycles. The minimum atomic E-state index is -0.947. The number of nitrogens with zero attached hydrogens (tertiary/aromatic N) is 3. The van der Waals surface area contributed by atoms with Crippen molar-refractivity contribution >= 4 is 40.7 Å². The van der Waals surface area contributed by atoms with Gasteiger partial charge in [-0.2, -0.15) is 5.10 Å². The molecule has 3 aromatic rings. The van der Waals surface area contributed by atoms with Gasteiger partial charge in [-0.05, 0) is 44.7 Å². The maximum Gasteiger partial charge on any atom is 0.356 e. The van der Waals surface area contributed by atoms with Gasteiger partial charge in [0.05, 0.1) is 24.0 Å². The number of esters is 1. The number of halogens is 3. The molecule has 1 saturated carbocycles. The summed E-state index contributed by atoms with van der Waals surface area (Å²) in [6.07, 6.45) is 3.28. The van der Waals surface area contributed by atoms with Gasteiger partial charge in [0.2, 0.25) is 5.91 Å². The average Bonchev–Trinajstić information content (AvgIpc) is 3.24. The lowest BCUT2D eigenvalue weighted by Crippen LogP contribution is -2.39. The smallest absolute Gasteiger partial charge is 0.356 e. The lowest BCUT2D eigenvalue weighted by molar-refractivity contribution is -0.120. The van der Waals surface area contributed by atoms with Gasteiger partial charge in [-0.15, -0.1) is 0 Å². The number of hydrogen-bond donors (Lipinski definition) is 2. The van der Waals surface area contributed by atoms with Gasteiger partial charge in [-0.1, -0.05) is 11.6 Å². The van der Waals surface area contributed by atoms with E-state index in [1.54, 1.807) is 6.92 Å². The number of fused-ring (bicyclic) bond motifs is 1. The third-order valence-corrected chi connectivity index (χ3v) is 6.23. The van der Waals surface area contributed by atoms with Crippen molar-refractivity contribution in [3.05, 3.63) is 58.0 Å². The number of nitrogens with one attached hydrogen (secondary N) is 2. The van der Waals surface area contributed by atoms with Gasteiger partial charge >= 0.3 is 5.97 Å². The van der Waals surface area contributed by atoms with E-state index in [9.17, 15) is 23.2 Å². The molecule has 35 heavy (non-hydrogen) atoms. The van der Waals surface area contributed by atoms with Gasteiger partial charge in [-0.25, -0.2) is 23.1 Å². The second kappa shape index (κ2) is 9.95. The minimum absolute atomic E-state index is 0.151. The van der Waals surface area contributed by atoms with Crippen LogP contribution in [0.25, 0.3) is 5.65 Å². The number of hydrogen-bond acceptors (Lipinski definition) is 6. The van der Waals surface area contributed by atoms with Crippen LogP contribution in [0.1, 0.15) is 52.2 Å². The van der Waals surface area contributed by atoms with E-state index in [2.05, 4.69) is 20.7 Å². The van der Waals surface area contributed by atoms with Crippen LogP contribution in [0.2, 0.25) is 5.02 Å². The second-order valence-corrected chi connectivity index (χ2v) is 8.73. The van der Waals surface area contributed by atoms with E-state index < -0.39 is 35.3 Å². The van der Waals surface area contributed by atoms with Crippen molar-refractivity contribution in [2.75, 3.05) is 12.4 Å². The summed E-state index contributed by atoms with van der Waals surface area (Å²) in [5.74, 6) is -3.61. The fourth-order valence-corrected chi connectivity index (χ4v) is 4.39. The molecule has 0 spiro atoms. The molecule has 1 aromatic carbocycles. The van der Waals surface area contributed by atoms with E-state index in [0.29, 0.717) is 37.4 Å². The van der Waals surface area contributed by atoms with E-state index in [4.69, 9.17) is 16.3 Å². The van der Waals surface area contributed by atoms with E-state index in [-0.39, 0.29) is 33.7 Å². The van der Waals surface area contributed by atoms with Crippen molar-refractivity contribution in [3.8, 4) is 0 Å². The van der Waals surface area contributed by atoms with Crippen molar-refractivity contribution in [2.24, 2.45) is 5.92 Å². The van der Waals surface area contributed by atoms with Crippen molar-refractivity contribution in [3.63, 3.8) is 0 Å². The normalized spacial score (nSPS) is 17.7. The highest BCUT2D eigenvalue weighted by molar-refractivity contribution is 6.33. The molecule has 184 valence electrons. The van der Waals surface area contributed by atoms with E-state index in [1.807, 2.05) is 0 Å². The number of amides is 2. The predicted octanol–water partition coefficient (Wildman–Crippen LogP) is 3.68. The molecule has 1 aliphatic rings. The fourth-order valence-electron chi connectivity index (χ4n) is 4.14. The highest BCUT2D eigenvalue weighted by Gasteiger charge is 2.29. The molecule has 0 unspecified atom stereocenters. The van der Waals surface area contributed by atoms with E-state index in [0.717, 1.165) is 6.07 Å². The Morgan fingerprint density at radius 3 is 2.51 bits per heavy atom. The number of carbonyl (C=O) groups excluding carboxylic acids is 3. The van der Waals surface area contributed by atoms with Gasteiger partial charge in [0.1, 0.15) is 11.4 Å². The van der Waals surface area contributed by atoms with E-state index >= 15 is 0 Å². The summed E-state index contributed by atoms with van der Waals surface area (Å²) in [6, 6.07) is 2.90. The number of anilines is 1. The molecule has 1 aliphatic carbocycles. The van der Waals surface area contributed by atoms with Crippen LogP contribution >= 0.6 is 11.6 Å². The zero-order valence-corrected chi connectivity index (χ0v) is 19.7. The zero-order chi connectivity index (χ0) is 25.3. The predicted molar refractivity (Wildman–Crippen MR) is 122 cm³/mol. The average molecular weight is 506 g/mol. The number of aryl methyl sites for hydroxylation is 1. The number of ether oxygens (including phenoxy) is 1. The monoisotopic (exact) mass is 505 g/mol. The molecule has 12 heteroatoms. The lowest BCUT2D eigenvalue weighted by Gasteiger charge is -2.28. The summed E-state index contributed by atoms with van der Waals surface area (Å²) < 4.78 is 33.2. The van der Waals surface area contributed by atoms with Gasteiger partial charge in [-0.3, -0.25) is 9.59 Å². The molecule has 0 saturated heterocycles. The highest BCUT2D eigenvalue weighted by atomic mass is 35.5. The maximum atomic E-state index is 14.0. The maximum absolute atomic E-state index is 14.0. The summed E-state index contributed by atoms with van der Waals surface area (Å²) in [7, 11) is 1.25. The number of benzene rings is 1. The molecule has 2 amide bonds. The fraction of sp³-hybridized carbons (Fsp3) is 0.348. The van der Waals surface area contributed by atoms with E-state index in [1.165, 1.54) is 23.9 Å². The summed E-state index contributed by atoms with van der Waals surface area (Å²) in [5, 5.41) is 9.26. The molecule has 4 rings (SSSR count). The molecule has 2 heterocycles. The Morgan fingerprint density at radius 1 is 1.14 bits per heavy atom. The van der Waals surface area contributed by atoms with Crippen LogP contribution in [0.3, 0.4) is 0 Å². The van der Waals surface area contributed by atoms with Crippen molar-refractivity contribution in [1.29, 1.82) is 0 Å². The summed E-state index contributed by atoms with van der Waals surface area (Å²) in [4.78, 5) is 41.9. The Morgan fingerprint density at radius 2 is 1.86 bits per heavy atom. The number of carbonyl (C=O) groups is 3. The van der Waals surface area contributed by atoms with Gasteiger partial charge in [0, 0.05) is 23.7 Å². The third kappa shape index (κ3) is 5.09. The Bertz CT molecular complexity index is 1300. The van der Waals surface area contributed by atoms with Crippen LogP contribution < -0.4 is 10.6 Å². The quantitative estimate of drug-likeness (QED) is 0.511. The number of aromatic nitrogens is 3. The van der Waals surface area contributed by atoms with Crippen LogP contribution in [0.5, 0.6) is 0 Å². The summed E-state index contributed by atoms with van der Waals surface area (Å²) in [5.41, 5.74) is 0.861. The van der Waals surface area contributed by atoms with Crippen LogP contribution in [0.15, 0.2) is 24.4 Å². The zero-order valence-electron chi connectivity index (χ0n) is 18.9. The number of methoxy groups -OCH3 is 1. The largest absolute Gasteiger partial charge is 0.464 e. The molecule has 0 bridgehead atoms. The van der Waals surface area contributed by atoms with Crippen molar-refractivity contribution < 1.29 is 27.9 Å². The van der Waals surface area contributed by atoms with Gasteiger partial charge in [0.15, 0.2) is 17.2 Å². The van der Waals surface area contributed by atoms with Crippen molar-refractivity contribution in [2.45, 2.75) is 38.6 Å². The first kappa shape index (κ1) is 24.5. The SMILES string of the molecule is COC(=O)c1cc(C)nc2c(C(=O)NC3CCC(C(=O)Nc4c(F)cc(F)cc4Cl)CC3)cnn12. The molecule has 1 fully saturated rings. The third-order valence-electron chi connectivity index (χ3n) is 5.93. The molecule has 0 atom stereocenters. The molecule has 2 N–H and O–H groups in total. The molecular formula is C23H22ClF2N5O4. The van der Waals surface area contributed by atoms with Crippen molar-refractivity contribution in [1.82, 2.24) is 19.9 Å². The first-order valence-electron chi connectivity index (χ1n) is 10.9. The first-order chi connectivity index (χ1) is 16.7. The molecule has 0 radical (unpaired) electrons. The second-order valence-electron chi connectivity index (χ2n) is 8.32. The first-order valence-corrected chi connectivity index (χ1v) is 11.3. The van der Waals surface area contributed by atoms with Gasteiger partial charge in [0.25, 0.3) is 5.91 Å². The molecule has 2 aromatic heterocycles. The standard InChI is InChI=1S/C23H22ClF2N5O4/c1-11-7-18(23(34)35-2)31-20(28-11)15(10-27-31)22(33)29-14-5-3-12(4-6-14)21(32)30-19-16(24)8-13(25)9-17(19)26/h7-10,12,14H,3-6H2,1-2H3,(H,29,33)(H,30,32). The Balaban J connectivity index is 1.39. The minimum Gasteiger partial charge on any atom is -0.464 e. The Kier molecular flexibility index (Phi) is 6.97. The molecular weight excluding hydrogens is 484 g/mol. The van der Waals surface area contributed by atoms with Crippen LogP contribution in [0, 0.1) is 24.5 Å². The Labute approximate surface area is 203 Å². The van der Waals surface area contributed by atoms with Crippen LogP contribution in [-0.4, -0.2) is 45.5 Å².